The topological polar surface area (TPSA) is 91.2 Å². The zero-order valence-electron chi connectivity index (χ0n) is 13.3. The third kappa shape index (κ3) is 3.92. The van der Waals surface area contributed by atoms with Gasteiger partial charge < -0.3 is 14.6 Å². The Kier molecular flexibility index (Phi) is 5.08. The Hall–Kier alpha value is -2.30. The van der Waals surface area contributed by atoms with Crippen LogP contribution in [0.15, 0.2) is 27.4 Å². The second kappa shape index (κ2) is 7.14. The van der Waals surface area contributed by atoms with Gasteiger partial charge in [-0.2, -0.15) is 18.3 Å². The molecule has 3 rings (SSSR count). The molecule has 2 amide bonds. The summed E-state index contributed by atoms with van der Waals surface area (Å²) in [6, 6.07) is 2.92. The molecule has 7 nitrogen and oxygen atoms in total. The Morgan fingerprint density at radius 2 is 2.00 bits per heavy atom. The molecule has 11 heteroatoms. The average molecular weight is 435 g/mol. The number of furan rings is 1. The van der Waals surface area contributed by atoms with Crippen molar-refractivity contribution >= 4 is 27.7 Å². The Morgan fingerprint density at radius 1 is 1.31 bits per heavy atom. The van der Waals surface area contributed by atoms with Crippen molar-refractivity contribution in [2.45, 2.75) is 25.1 Å². The number of alkyl halides is 3. The SMILES string of the molecule is O=C(NC1CCN(C(=O)c2[nH]ncc2C(F)(F)F)CC1)c1ccc(Br)o1. The van der Waals surface area contributed by atoms with Gasteiger partial charge >= 0.3 is 6.18 Å². The maximum absolute atomic E-state index is 12.9. The molecule has 0 aliphatic carbocycles. The number of aromatic amines is 1. The molecule has 26 heavy (non-hydrogen) atoms. The zero-order valence-corrected chi connectivity index (χ0v) is 14.9. The van der Waals surface area contributed by atoms with Gasteiger partial charge in [-0.1, -0.05) is 0 Å². The van der Waals surface area contributed by atoms with Crippen LogP contribution in [0.4, 0.5) is 13.2 Å². The number of hydrogen-bond acceptors (Lipinski definition) is 4. The minimum atomic E-state index is -4.65. The van der Waals surface area contributed by atoms with Crippen LogP contribution in [0.5, 0.6) is 0 Å². The Morgan fingerprint density at radius 3 is 2.58 bits per heavy atom. The monoisotopic (exact) mass is 434 g/mol. The summed E-state index contributed by atoms with van der Waals surface area (Å²) < 4.78 is 44.3. The minimum Gasteiger partial charge on any atom is -0.444 e. The molecule has 1 aliphatic rings. The summed E-state index contributed by atoms with van der Waals surface area (Å²) >= 11 is 3.11. The van der Waals surface area contributed by atoms with Crippen LogP contribution in [-0.2, 0) is 6.18 Å². The number of rotatable bonds is 3. The average Bonchev–Trinajstić information content (AvgIpc) is 3.23. The van der Waals surface area contributed by atoms with E-state index in [-0.39, 0.29) is 30.8 Å². The van der Waals surface area contributed by atoms with Crippen molar-refractivity contribution in [2.75, 3.05) is 13.1 Å². The Balaban J connectivity index is 1.58. The summed E-state index contributed by atoms with van der Waals surface area (Å²) in [4.78, 5) is 25.7. The van der Waals surface area contributed by atoms with Crippen molar-refractivity contribution in [2.24, 2.45) is 0 Å². The largest absolute Gasteiger partial charge is 0.444 e. The molecule has 0 radical (unpaired) electrons. The molecule has 2 aromatic heterocycles. The quantitative estimate of drug-likeness (QED) is 0.776. The first-order valence-electron chi connectivity index (χ1n) is 7.71. The number of nitrogens with zero attached hydrogens (tertiary/aromatic N) is 2. The van der Waals surface area contributed by atoms with Crippen molar-refractivity contribution in [3.05, 3.63) is 40.0 Å². The van der Waals surface area contributed by atoms with Crippen molar-refractivity contribution in [1.82, 2.24) is 20.4 Å². The zero-order chi connectivity index (χ0) is 18.9. The lowest BCUT2D eigenvalue weighted by molar-refractivity contribution is -0.138. The highest BCUT2D eigenvalue weighted by atomic mass is 79.9. The second-order valence-corrected chi connectivity index (χ2v) is 6.58. The van der Waals surface area contributed by atoms with E-state index in [1.165, 1.54) is 11.0 Å². The van der Waals surface area contributed by atoms with Gasteiger partial charge in [0.15, 0.2) is 10.4 Å². The van der Waals surface area contributed by atoms with Gasteiger partial charge in [0, 0.05) is 19.1 Å². The fraction of sp³-hybridized carbons (Fsp3) is 0.400. The van der Waals surface area contributed by atoms with E-state index in [1.54, 1.807) is 6.07 Å². The summed E-state index contributed by atoms with van der Waals surface area (Å²) in [5, 5.41) is 8.25. The molecule has 1 fully saturated rings. The molecule has 140 valence electrons. The van der Waals surface area contributed by atoms with E-state index in [2.05, 4.69) is 31.4 Å². The van der Waals surface area contributed by atoms with E-state index in [0.717, 1.165) is 0 Å². The Labute approximate surface area is 154 Å². The fourth-order valence-corrected chi connectivity index (χ4v) is 3.05. The summed E-state index contributed by atoms with van der Waals surface area (Å²) in [7, 11) is 0. The predicted molar refractivity (Wildman–Crippen MR) is 86.4 cm³/mol. The third-order valence-electron chi connectivity index (χ3n) is 4.07. The van der Waals surface area contributed by atoms with Crippen molar-refractivity contribution < 1.29 is 27.2 Å². The number of nitrogens with one attached hydrogen (secondary N) is 2. The highest BCUT2D eigenvalue weighted by molar-refractivity contribution is 9.10. The maximum atomic E-state index is 12.9. The number of likely N-dealkylation sites (tertiary alicyclic amines) is 1. The number of halogens is 4. The number of carbonyl (C=O) groups is 2. The van der Waals surface area contributed by atoms with Crippen LogP contribution in [-0.4, -0.2) is 46.0 Å². The Bertz CT molecular complexity index is 809. The normalized spacial score (nSPS) is 15.9. The van der Waals surface area contributed by atoms with Gasteiger partial charge in [0.2, 0.25) is 0 Å². The van der Waals surface area contributed by atoms with E-state index in [1.807, 2.05) is 0 Å². The van der Waals surface area contributed by atoms with E-state index in [9.17, 15) is 22.8 Å². The molecule has 0 unspecified atom stereocenters. The molecule has 1 saturated heterocycles. The van der Waals surface area contributed by atoms with Gasteiger partial charge in [-0.25, -0.2) is 0 Å². The van der Waals surface area contributed by atoms with Crippen molar-refractivity contribution in [3.63, 3.8) is 0 Å². The van der Waals surface area contributed by atoms with Crippen LogP contribution >= 0.6 is 15.9 Å². The van der Waals surface area contributed by atoms with Crippen LogP contribution in [0.1, 0.15) is 39.4 Å². The molecular formula is C15H14BrF3N4O3. The summed E-state index contributed by atoms with van der Waals surface area (Å²) in [6.45, 7) is 0.448. The van der Waals surface area contributed by atoms with E-state index in [0.29, 0.717) is 23.7 Å². The number of carbonyl (C=O) groups excluding carboxylic acids is 2. The highest BCUT2D eigenvalue weighted by Gasteiger charge is 2.38. The van der Waals surface area contributed by atoms with Crippen molar-refractivity contribution in [3.8, 4) is 0 Å². The number of hydrogen-bond donors (Lipinski definition) is 2. The molecule has 0 aromatic carbocycles. The molecule has 0 saturated carbocycles. The van der Waals surface area contributed by atoms with E-state index < -0.39 is 23.3 Å². The number of aromatic nitrogens is 2. The molecule has 3 heterocycles. The lowest BCUT2D eigenvalue weighted by Gasteiger charge is -2.32. The van der Waals surface area contributed by atoms with E-state index in [4.69, 9.17) is 4.42 Å². The van der Waals surface area contributed by atoms with Crippen LogP contribution in [0.3, 0.4) is 0 Å². The second-order valence-electron chi connectivity index (χ2n) is 5.80. The lowest BCUT2D eigenvalue weighted by atomic mass is 10.0. The van der Waals surface area contributed by atoms with Crippen molar-refractivity contribution in [1.29, 1.82) is 0 Å². The summed E-state index contributed by atoms with van der Waals surface area (Å²) in [5.74, 6) is -0.981. The standard InChI is InChI=1S/C15H14BrF3N4O3/c16-11-2-1-10(26-11)13(24)21-8-3-5-23(6-4-8)14(25)12-9(7-20-22-12)15(17,18)19/h1-2,7-8H,3-6H2,(H,20,22)(H,21,24). The maximum Gasteiger partial charge on any atom is 0.420 e. The number of amides is 2. The predicted octanol–water partition coefficient (Wildman–Crippen LogP) is 2.82. The van der Waals surface area contributed by atoms with Gasteiger partial charge in [0.1, 0.15) is 11.3 Å². The summed E-state index contributed by atoms with van der Waals surface area (Å²) in [6.07, 6.45) is -3.20. The van der Waals surface area contributed by atoms with Crippen LogP contribution < -0.4 is 5.32 Å². The first-order valence-corrected chi connectivity index (χ1v) is 8.51. The molecular weight excluding hydrogens is 421 g/mol. The van der Waals surface area contributed by atoms with Crippen LogP contribution in [0, 0.1) is 0 Å². The first-order chi connectivity index (χ1) is 12.3. The van der Waals surface area contributed by atoms with Crippen LogP contribution in [0.25, 0.3) is 0 Å². The van der Waals surface area contributed by atoms with Crippen LogP contribution in [0.2, 0.25) is 0 Å². The van der Waals surface area contributed by atoms with Gasteiger partial charge in [-0.05, 0) is 40.9 Å². The molecule has 0 bridgehead atoms. The molecule has 2 aromatic rings. The summed E-state index contributed by atoms with van der Waals surface area (Å²) in [5.41, 5.74) is -1.65. The smallest absolute Gasteiger partial charge is 0.420 e. The van der Waals surface area contributed by atoms with Gasteiger partial charge in [-0.15, -0.1) is 0 Å². The van der Waals surface area contributed by atoms with Gasteiger partial charge in [-0.3, -0.25) is 14.7 Å². The lowest BCUT2D eigenvalue weighted by Crippen LogP contribution is -2.46. The molecule has 0 atom stereocenters. The number of piperidine rings is 1. The number of H-pyrrole nitrogens is 1. The van der Waals surface area contributed by atoms with Gasteiger partial charge in [0.25, 0.3) is 11.8 Å². The first kappa shape index (κ1) is 18.5. The van der Waals surface area contributed by atoms with E-state index >= 15 is 0 Å². The highest BCUT2D eigenvalue weighted by Crippen LogP contribution is 2.31. The van der Waals surface area contributed by atoms with Gasteiger partial charge in [0.05, 0.1) is 6.20 Å². The molecule has 2 N–H and O–H groups in total. The minimum absolute atomic E-state index is 0.155. The molecule has 1 aliphatic heterocycles. The molecule has 0 spiro atoms. The third-order valence-corrected chi connectivity index (χ3v) is 4.50. The fourth-order valence-electron chi connectivity index (χ4n) is 2.74.